The van der Waals surface area contributed by atoms with Crippen molar-refractivity contribution in [3.05, 3.63) is 0 Å². The van der Waals surface area contributed by atoms with Crippen LogP contribution in [0.15, 0.2) is 0 Å². The van der Waals surface area contributed by atoms with Crippen LogP contribution in [0.25, 0.3) is 0 Å². The molecule has 0 spiro atoms. The quantitative estimate of drug-likeness (QED) is 0.671. The van der Waals surface area contributed by atoms with E-state index in [1.807, 2.05) is 41.5 Å². The molecule has 0 aromatic carbocycles. The lowest BCUT2D eigenvalue weighted by Gasteiger charge is -2.39. The predicted molar refractivity (Wildman–Crippen MR) is 69.6 cm³/mol. The molecule has 3 N–H and O–H groups in total. The van der Waals surface area contributed by atoms with Crippen molar-refractivity contribution >= 4 is 17.8 Å². The van der Waals surface area contributed by atoms with E-state index in [1.165, 1.54) is 0 Å². The van der Waals surface area contributed by atoms with Crippen LogP contribution in [-0.4, -0.2) is 34.1 Å². The molecule has 0 unspecified atom stereocenters. The summed E-state index contributed by atoms with van der Waals surface area (Å²) in [6, 6.07) is -1.92. The highest BCUT2D eigenvalue weighted by atomic mass is 16.4. The number of carboxylic acids is 2. The zero-order valence-corrected chi connectivity index (χ0v) is 12.3. The van der Waals surface area contributed by atoms with Gasteiger partial charge in [-0.3, -0.25) is 4.79 Å². The van der Waals surface area contributed by atoms with Gasteiger partial charge in [-0.1, -0.05) is 41.5 Å². The molecule has 0 aliphatic carbocycles. The van der Waals surface area contributed by atoms with Gasteiger partial charge in [-0.2, -0.15) is 0 Å². The third-order valence-electron chi connectivity index (χ3n) is 2.77. The Hall–Kier alpha value is -1.59. The molecular weight excluding hydrogens is 250 g/mol. The molecule has 0 atom stereocenters. The first-order chi connectivity index (χ1) is 8.28. The van der Waals surface area contributed by atoms with Crippen molar-refractivity contribution in [2.24, 2.45) is 16.7 Å². The number of carbonyl (C=O) groups is 3. The van der Waals surface area contributed by atoms with Crippen LogP contribution in [-0.2, 0) is 14.4 Å². The van der Waals surface area contributed by atoms with Gasteiger partial charge in [-0.15, -0.1) is 0 Å². The van der Waals surface area contributed by atoms with E-state index in [2.05, 4.69) is 5.32 Å². The summed E-state index contributed by atoms with van der Waals surface area (Å²) in [6.07, 6.45) is 0. The van der Waals surface area contributed by atoms with Crippen molar-refractivity contribution in [2.75, 3.05) is 0 Å². The fourth-order valence-corrected chi connectivity index (χ4v) is 2.54. The summed E-state index contributed by atoms with van der Waals surface area (Å²) < 4.78 is 0. The average Bonchev–Trinajstić information content (AvgIpc) is 2.07. The number of hydrogen-bond donors (Lipinski definition) is 3. The Morgan fingerprint density at radius 1 is 0.842 bits per heavy atom. The van der Waals surface area contributed by atoms with Crippen LogP contribution < -0.4 is 5.32 Å². The minimum atomic E-state index is -1.92. The van der Waals surface area contributed by atoms with E-state index in [4.69, 9.17) is 10.2 Å². The topological polar surface area (TPSA) is 104 Å². The minimum Gasteiger partial charge on any atom is -0.479 e. The molecule has 0 heterocycles. The number of nitrogens with one attached hydrogen (secondary N) is 1. The molecular formula is C13H23NO5. The van der Waals surface area contributed by atoms with Crippen LogP contribution in [0, 0.1) is 16.7 Å². The smallest absolute Gasteiger partial charge is 0.338 e. The lowest BCUT2D eigenvalue weighted by atomic mass is 9.66. The summed E-state index contributed by atoms with van der Waals surface area (Å²) in [6.45, 7) is 11.2. The third-order valence-corrected chi connectivity index (χ3v) is 2.77. The van der Waals surface area contributed by atoms with E-state index in [0.29, 0.717) is 0 Å². The van der Waals surface area contributed by atoms with Gasteiger partial charge in [0.15, 0.2) is 0 Å². The number of carbonyl (C=O) groups excluding carboxylic acids is 1. The number of carboxylic acid groups (broad SMARTS) is 2. The molecule has 110 valence electrons. The molecule has 0 fully saturated rings. The minimum absolute atomic E-state index is 0.413. The predicted octanol–water partition coefficient (Wildman–Crippen LogP) is 1.35. The first kappa shape index (κ1) is 17.4. The zero-order chi connectivity index (χ0) is 15.6. The summed E-state index contributed by atoms with van der Waals surface area (Å²) in [5.41, 5.74) is -0.826. The van der Waals surface area contributed by atoms with Crippen LogP contribution in [0.4, 0.5) is 0 Å². The molecule has 0 aliphatic heterocycles. The summed E-state index contributed by atoms with van der Waals surface area (Å²) in [7, 11) is 0. The monoisotopic (exact) mass is 273 g/mol. The Labute approximate surface area is 113 Å². The van der Waals surface area contributed by atoms with Crippen molar-refractivity contribution in [2.45, 2.75) is 47.6 Å². The molecule has 6 nitrogen and oxygen atoms in total. The second-order valence-corrected chi connectivity index (χ2v) is 6.78. The van der Waals surface area contributed by atoms with Crippen molar-refractivity contribution in [1.29, 1.82) is 0 Å². The molecule has 0 aromatic heterocycles. The van der Waals surface area contributed by atoms with Crippen LogP contribution in [0.1, 0.15) is 41.5 Å². The Morgan fingerprint density at radius 2 is 1.16 bits per heavy atom. The highest BCUT2D eigenvalue weighted by Crippen LogP contribution is 2.39. The maximum atomic E-state index is 12.2. The van der Waals surface area contributed by atoms with Gasteiger partial charge >= 0.3 is 11.9 Å². The largest absolute Gasteiger partial charge is 0.479 e. The van der Waals surface area contributed by atoms with Gasteiger partial charge < -0.3 is 15.5 Å². The van der Waals surface area contributed by atoms with Gasteiger partial charge in [0.1, 0.15) is 0 Å². The average molecular weight is 273 g/mol. The van der Waals surface area contributed by atoms with E-state index >= 15 is 0 Å². The van der Waals surface area contributed by atoms with E-state index in [-0.39, 0.29) is 0 Å². The second kappa shape index (κ2) is 5.59. The lowest BCUT2D eigenvalue weighted by molar-refractivity contribution is -0.155. The first-order valence-corrected chi connectivity index (χ1v) is 6.04. The molecule has 19 heavy (non-hydrogen) atoms. The fourth-order valence-electron chi connectivity index (χ4n) is 2.54. The summed E-state index contributed by atoms with van der Waals surface area (Å²) >= 11 is 0. The molecule has 0 bridgehead atoms. The SMILES string of the molecule is CC(C)(C)C(C(=O)NC(C(=O)O)C(=O)O)C(C)(C)C. The maximum absolute atomic E-state index is 12.2. The number of hydrogen-bond acceptors (Lipinski definition) is 3. The zero-order valence-electron chi connectivity index (χ0n) is 12.3. The molecule has 0 radical (unpaired) electrons. The van der Waals surface area contributed by atoms with Crippen LogP contribution in [0.2, 0.25) is 0 Å². The Bertz CT molecular complexity index is 347. The highest BCUT2D eigenvalue weighted by molar-refractivity contribution is 6.01. The Balaban J connectivity index is 5.25. The number of aliphatic carboxylic acids is 2. The Kier molecular flexibility index (Phi) is 5.12. The molecule has 6 heteroatoms. The van der Waals surface area contributed by atoms with Gasteiger partial charge in [0, 0.05) is 5.92 Å². The van der Waals surface area contributed by atoms with Crippen LogP contribution in [0.3, 0.4) is 0 Å². The maximum Gasteiger partial charge on any atom is 0.338 e. The van der Waals surface area contributed by atoms with E-state index < -0.39 is 40.6 Å². The van der Waals surface area contributed by atoms with Crippen molar-refractivity contribution in [3.8, 4) is 0 Å². The van der Waals surface area contributed by atoms with Gasteiger partial charge in [-0.05, 0) is 10.8 Å². The lowest BCUT2D eigenvalue weighted by Crippen LogP contribution is -2.53. The summed E-state index contributed by atoms with van der Waals surface area (Å²) in [4.78, 5) is 33.8. The fraction of sp³-hybridized carbons (Fsp3) is 0.769. The molecule has 0 rings (SSSR count). The number of amides is 1. The van der Waals surface area contributed by atoms with Crippen molar-refractivity contribution in [3.63, 3.8) is 0 Å². The van der Waals surface area contributed by atoms with Gasteiger partial charge in [0.25, 0.3) is 0 Å². The van der Waals surface area contributed by atoms with E-state index in [0.717, 1.165) is 0 Å². The standard InChI is InChI=1S/C13H23NO5/c1-12(2,3)8(13(4,5)6)9(15)14-7(10(16)17)11(18)19/h7-8H,1-6H3,(H,14,15)(H,16,17)(H,18,19). The van der Waals surface area contributed by atoms with Crippen molar-refractivity contribution in [1.82, 2.24) is 5.32 Å². The van der Waals surface area contributed by atoms with Gasteiger partial charge in [0.05, 0.1) is 0 Å². The Morgan fingerprint density at radius 3 is 1.37 bits per heavy atom. The summed E-state index contributed by atoms with van der Waals surface area (Å²) in [5, 5.41) is 19.7. The van der Waals surface area contributed by atoms with Crippen molar-refractivity contribution < 1.29 is 24.6 Å². The van der Waals surface area contributed by atoms with E-state index in [1.54, 1.807) is 0 Å². The molecule has 0 saturated carbocycles. The van der Waals surface area contributed by atoms with Crippen LogP contribution >= 0.6 is 0 Å². The molecule has 0 saturated heterocycles. The molecule has 0 aliphatic rings. The molecule has 0 aromatic rings. The third kappa shape index (κ3) is 4.89. The van der Waals surface area contributed by atoms with Gasteiger partial charge in [0.2, 0.25) is 11.9 Å². The van der Waals surface area contributed by atoms with E-state index in [9.17, 15) is 14.4 Å². The number of rotatable bonds is 4. The summed E-state index contributed by atoms with van der Waals surface area (Å²) in [5.74, 6) is -4.24. The highest BCUT2D eigenvalue weighted by Gasteiger charge is 2.42. The molecule has 1 amide bonds. The second-order valence-electron chi connectivity index (χ2n) is 6.78. The van der Waals surface area contributed by atoms with Crippen LogP contribution in [0.5, 0.6) is 0 Å². The first-order valence-electron chi connectivity index (χ1n) is 6.04. The van der Waals surface area contributed by atoms with Gasteiger partial charge in [-0.25, -0.2) is 9.59 Å². The normalized spacial score (nSPS) is 12.6.